The lowest BCUT2D eigenvalue weighted by Gasteiger charge is -2.34. The van der Waals surface area contributed by atoms with Gasteiger partial charge in [-0.1, -0.05) is 30.3 Å². The van der Waals surface area contributed by atoms with Crippen LogP contribution in [-0.2, 0) is 20.7 Å². The second-order valence-corrected chi connectivity index (χ2v) is 8.06. The van der Waals surface area contributed by atoms with Gasteiger partial charge in [0.2, 0.25) is 5.91 Å². The van der Waals surface area contributed by atoms with Gasteiger partial charge in [-0.3, -0.25) is 4.79 Å². The molecular weight excluding hydrogens is 348 g/mol. The number of benzene rings is 1. The number of amides is 2. The number of nitrogens with one attached hydrogen (secondary N) is 1. The zero-order valence-electron chi connectivity index (χ0n) is 16.3. The average Bonchev–Trinajstić information content (AvgIpc) is 2.96. The van der Waals surface area contributed by atoms with E-state index in [4.69, 9.17) is 4.74 Å². The van der Waals surface area contributed by atoms with E-state index in [1.165, 1.54) is 4.90 Å². The number of carbonyl (C=O) groups excluding carboxylic acids is 2. The first kappa shape index (κ1) is 20.7. The molecule has 27 heavy (non-hydrogen) atoms. The van der Waals surface area contributed by atoms with Crippen LogP contribution in [0.25, 0.3) is 0 Å². The van der Waals surface area contributed by atoms with Gasteiger partial charge in [0.05, 0.1) is 0 Å². The summed E-state index contributed by atoms with van der Waals surface area (Å²) in [6.45, 7) is 7.11. The number of carboxylic acid groups (broad SMARTS) is 1. The topological polar surface area (TPSA) is 95.9 Å². The zero-order chi connectivity index (χ0) is 20.2. The Bertz CT molecular complexity index is 698. The number of hydrogen-bond donors (Lipinski definition) is 2. The summed E-state index contributed by atoms with van der Waals surface area (Å²) < 4.78 is 5.28. The van der Waals surface area contributed by atoms with E-state index in [9.17, 15) is 19.5 Å². The smallest absolute Gasteiger partial charge is 0.408 e. The number of aliphatic carboxylic acids is 1. The maximum atomic E-state index is 13.2. The molecule has 1 aliphatic rings. The van der Waals surface area contributed by atoms with Crippen molar-refractivity contribution in [2.24, 2.45) is 0 Å². The predicted octanol–water partition coefficient (Wildman–Crippen LogP) is 2.59. The number of rotatable bonds is 5. The van der Waals surface area contributed by atoms with Crippen molar-refractivity contribution in [1.29, 1.82) is 0 Å². The maximum absolute atomic E-state index is 13.2. The summed E-state index contributed by atoms with van der Waals surface area (Å²) in [6, 6.07) is 8.38. The van der Waals surface area contributed by atoms with E-state index in [0.717, 1.165) is 5.56 Å². The molecule has 0 aromatic heterocycles. The molecule has 1 aliphatic heterocycles. The summed E-state index contributed by atoms with van der Waals surface area (Å²) in [5.74, 6) is -1.45. The Hall–Kier alpha value is -2.57. The Morgan fingerprint density at radius 3 is 2.44 bits per heavy atom. The first-order chi connectivity index (χ1) is 12.5. The molecule has 2 atom stereocenters. The van der Waals surface area contributed by atoms with Crippen LogP contribution in [0.2, 0.25) is 0 Å². The van der Waals surface area contributed by atoms with Crippen molar-refractivity contribution < 1.29 is 24.2 Å². The quantitative estimate of drug-likeness (QED) is 0.823. The van der Waals surface area contributed by atoms with Gasteiger partial charge in [0, 0.05) is 13.0 Å². The summed E-state index contributed by atoms with van der Waals surface area (Å²) in [4.78, 5) is 38.5. The number of likely N-dealkylation sites (tertiary alicyclic amines) is 1. The Morgan fingerprint density at radius 1 is 1.26 bits per heavy atom. The molecule has 7 nitrogen and oxygen atoms in total. The fourth-order valence-electron chi connectivity index (χ4n) is 3.23. The molecule has 2 N–H and O–H groups in total. The number of ether oxygens (including phenoxy) is 1. The van der Waals surface area contributed by atoms with E-state index in [0.29, 0.717) is 19.4 Å². The highest BCUT2D eigenvalue weighted by Crippen LogP contribution is 2.30. The van der Waals surface area contributed by atoms with Crippen LogP contribution in [0.1, 0.15) is 46.1 Å². The third-order valence-corrected chi connectivity index (χ3v) is 4.64. The van der Waals surface area contributed by atoms with E-state index in [1.54, 1.807) is 27.7 Å². The standard InChI is InChI=1S/C20H28N2O5/c1-19(2,3)27-18(26)21-15(13-14-9-6-5-7-10-14)16(23)22-12-8-11-20(22,4)17(24)25/h5-7,9-10,15H,8,11-13H2,1-4H3,(H,21,26)(H,24,25)/t15-,20-/m1/s1. The van der Waals surface area contributed by atoms with Gasteiger partial charge >= 0.3 is 12.1 Å². The lowest BCUT2D eigenvalue weighted by atomic mass is 9.97. The van der Waals surface area contributed by atoms with Gasteiger partial charge in [0.25, 0.3) is 0 Å². The SMILES string of the molecule is CC(C)(C)OC(=O)N[C@H](Cc1ccccc1)C(=O)N1CCC[C@]1(C)C(=O)O. The van der Waals surface area contributed by atoms with Crippen molar-refractivity contribution >= 4 is 18.0 Å². The van der Waals surface area contributed by atoms with Crippen LogP contribution in [0.4, 0.5) is 4.79 Å². The Labute approximate surface area is 159 Å². The summed E-state index contributed by atoms with van der Waals surface area (Å²) in [5.41, 5.74) is -1.10. The lowest BCUT2D eigenvalue weighted by Crippen LogP contribution is -2.58. The predicted molar refractivity (Wildman–Crippen MR) is 100 cm³/mol. The van der Waals surface area contributed by atoms with Crippen LogP contribution in [0, 0.1) is 0 Å². The lowest BCUT2D eigenvalue weighted by molar-refractivity contribution is -0.156. The largest absolute Gasteiger partial charge is 0.480 e. The van der Waals surface area contributed by atoms with Crippen LogP contribution in [-0.4, -0.2) is 51.7 Å². The van der Waals surface area contributed by atoms with E-state index >= 15 is 0 Å². The molecule has 1 aromatic rings. The van der Waals surface area contributed by atoms with Crippen LogP contribution in [0.5, 0.6) is 0 Å². The number of nitrogens with zero attached hydrogens (tertiary/aromatic N) is 1. The average molecular weight is 376 g/mol. The Morgan fingerprint density at radius 2 is 1.89 bits per heavy atom. The van der Waals surface area contributed by atoms with Crippen LogP contribution >= 0.6 is 0 Å². The molecular formula is C20H28N2O5. The second-order valence-electron chi connectivity index (χ2n) is 8.06. The Balaban J connectivity index is 2.24. The highest BCUT2D eigenvalue weighted by Gasteiger charge is 2.47. The van der Waals surface area contributed by atoms with Gasteiger partial charge in [-0.25, -0.2) is 9.59 Å². The Kier molecular flexibility index (Phi) is 6.13. The number of carboxylic acids is 1. The van der Waals surface area contributed by atoms with Gasteiger partial charge in [0.15, 0.2) is 0 Å². The minimum atomic E-state index is -1.26. The van der Waals surface area contributed by atoms with E-state index in [1.807, 2.05) is 30.3 Å². The number of hydrogen-bond acceptors (Lipinski definition) is 4. The first-order valence-electron chi connectivity index (χ1n) is 9.11. The molecule has 0 spiro atoms. The maximum Gasteiger partial charge on any atom is 0.408 e. The van der Waals surface area contributed by atoms with E-state index in [-0.39, 0.29) is 6.42 Å². The number of alkyl carbamates (subject to hydrolysis) is 1. The number of carbonyl (C=O) groups is 3. The van der Waals surface area contributed by atoms with Gasteiger partial charge in [0.1, 0.15) is 17.2 Å². The molecule has 7 heteroatoms. The van der Waals surface area contributed by atoms with Gasteiger partial charge in [-0.15, -0.1) is 0 Å². The second kappa shape index (κ2) is 7.98. The molecule has 2 amide bonds. The van der Waals surface area contributed by atoms with Gasteiger partial charge in [-0.2, -0.15) is 0 Å². The molecule has 0 bridgehead atoms. The van der Waals surface area contributed by atoms with Crippen LogP contribution in [0.3, 0.4) is 0 Å². The minimum absolute atomic E-state index is 0.255. The molecule has 1 saturated heterocycles. The van der Waals surface area contributed by atoms with Crippen molar-refractivity contribution in [3.63, 3.8) is 0 Å². The fourth-order valence-corrected chi connectivity index (χ4v) is 3.23. The molecule has 0 aliphatic carbocycles. The molecule has 1 aromatic carbocycles. The zero-order valence-corrected chi connectivity index (χ0v) is 16.3. The highest BCUT2D eigenvalue weighted by atomic mass is 16.6. The monoisotopic (exact) mass is 376 g/mol. The molecule has 1 fully saturated rings. The highest BCUT2D eigenvalue weighted by molar-refractivity contribution is 5.92. The summed E-state index contributed by atoms with van der Waals surface area (Å²) in [6.07, 6.45) is 0.552. The molecule has 0 unspecified atom stereocenters. The van der Waals surface area contributed by atoms with E-state index in [2.05, 4.69) is 5.32 Å². The van der Waals surface area contributed by atoms with Crippen molar-refractivity contribution in [2.45, 2.75) is 64.1 Å². The first-order valence-corrected chi connectivity index (χ1v) is 9.11. The summed E-state index contributed by atoms with van der Waals surface area (Å²) >= 11 is 0. The molecule has 0 saturated carbocycles. The third kappa shape index (κ3) is 5.21. The molecule has 148 valence electrons. The van der Waals surface area contributed by atoms with Crippen LogP contribution in [0.15, 0.2) is 30.3 Å². The molecule has 0 radical (unpaired) electrons. The van der Waals surface area contributed by atoms with Crippen molar-refractivity contribution in [1.82, 2.24) is 10.2 Å². The fraction of sp³-hybridized carbons (Fsp3) is 0.550. The van der Waals surface area contributed by atoms with Crippen molar-refractivity contribution in [3.05, 3.63) is 35.9 Å². The molecule has 1 heterocycles. The van der Waals surface area contributed by atoms with E-state index < -0.39 is 35.2 Å². The summed E-state index contributed by atoms with van der Waals surface area (Å²) in [5, 5.41) is 12.2. The van der Waals surface area contributed by atoms with Gasteiger partial charge in [-0.05, 0) is 46.1 Å². The minimum Gasteiger partial charge on any atom is -0.480 e. The van der Waals surface area contributed by atoms with Crippen molar-refractivity contribution in [2.75, 3.05) is 6.54 Å². The normalized spacial score (nSPS) is 20.8. The third-order valence-electron chi connectivity index (χ3n) is 4.64. The van der Waals surface area contributed by atoms with Crippen molar-refractivity contribution in [3.8, 4) is 0 Å². The summed E-state index contributed by atoms with van der Waals surface area (Å²) in [7, 11) is 0. The van der Waals surface area contributed by atoms with Crippen LogP contribution < -0.4 is 5.32 Å². The van der Waals surface area contributed by atoms with Gasteiger partial charge < -0.3 is 20.1 Å². The molecule has 2 rings (SSSR count).